The number of esters is 1. The molecule has 0 saturated carbocycles. The largest absolute Gasteiger partial charge is 0.448 e. The fourth-order valence-corrected chi connectivity index (χ4v) is 2.70. The van der Waals surface area contributed by atoms with E-state index in [2.05, 4.69) is 15.3 Å². The average Bonchev–Trinajstić information content (AvgIpc) is 2.62. The van der Waals surface area contributed by atoms with E-state index in [0.29, 0.717) is 11.4 Å². The molecule has 0 fully saturated rings. The third-order valence-corrected chi connectivity index (χ3v) is 4.13. The van der Waals surface area contributed by atoms with Gasteiger partial charge in [0.05, 0.1) is 17.6 Å². The fraction of sp³-hybridized carbons (Fsp3) is 0.278. The second-order valence-corrected chi connectivity index (χ2v) is 6.34. The summed E-state index contributed by atoms with van der Waals surface area (Å²) in [6, 6.07) is 6.96. The Morgan fingerprint density at radius 3 is 2.65 bits per heavy atom. The van der Waals surface area contributed by atoms with Gasteiger partial charge in [0, 0.05) is 12.4 Å². The first-order valence-electron chi connectivity index (χ1n) is 8.04. The van der Waals surface area contributed by atoms with Crippen LogP contribution in [0, 0.1) is 0 Å². The summed E-state index contributed by atoms with van der Waals surface area (Å²) < 4.78 is 5.23. The smallest absolute Gasteiger partial charge is 0.359 e. The van der Waals surface area contributed by atoms with E-state index in [1.54, 1.807) is 38.1 Å². The summed E-state index contributed by atoms with van der Waals surface area (Å²) in [7, 11) is 0. The van der Waals surface area contributed by atoms with Gasteiger partial charge in [0.2, 0.25) is 5.91 Å². The molecule has 8 heteroatoms. The molecule has 134 valence electrons. The zero-order valence-electron chi connectivity index (χ0n) is 14.6. The number of para-hydroxylation sites is 2. The average molecular weight is 354 g/mol. The van der Waals surface area contributed by atoms with Gasteiger partial charge in [0.1, 0.15) is 5.54 Å². The van der Waals surface area contributed by atoms with E-state index in [1.165, 1.54) is 30.4 Å². The molecule has 0 aliphatic carbocycles. The highest BCUT2D eigenvalue weighted by Crippen LogP contribution is 2.37. The number of aromatic nitrogens is 2. The van der Waals surface area contributed by atoms with Gasteiger partial charge in [0.25, 0.3) is 5.91 Å². The molecule has 0 radical (unpaired) electrons. The number of fused-ring (bicyclic) bond motifs is 1. The number of ether oxygens (including phenoxy) is 1. The summed E-state index contributed by atoms with van der Waals surface area (Å²) in [6.45, 7) is 4.72. The number of hydrogen-bond donors (Lipinski definition) is 1. The van der Waals surface area contributed by atoms with Gasteiger partial charge >= 0.3 is 5.97 Å². The van der Waals surface area contributed by atoms with Crippen molar-refractivity contribution in [1.29, 1.82) is 0 Å². The van der Waals surface area contributed by atoms with Crippen molar-refractivity contribution in [2.24, 2.45) is 0 Å². The van der Waals surface area contributed by atoms with Crippen molar-refractivity contribution in [2.45, 2.75) is 32.4 Å². The molecule has 8 nitrogen and oxygen atoms in total. The van der Waals surface area contributed by atoms with Crippen molar-refractivity contribution in [3.8, 4) is 0 Å². The minimum Gasteiger partial charge on any atom is -0.448 e. The van der Waals surface area contributed by atoms with E-state index in [9.17, 15) is 14.4 Å². The van der Waals surface area contributed by atoms with E-state index in [0.717, 1.165) is 0 Å². The Kier molecular flexibility index (Phi) is 4.41. The third kappa shape index (κ3) is 3.01. The normalized spacial score (nSPS) is 16.3. The Morgan fingerprint density at radius 2 is 1.96 bits per heavy atom. The summed E-state index contributed by atoms with van der Waals surface area (Å²) in [5.74, 6) is -1.59. The van der Waals surface area contributed by atoms with Crippen LogP contribution >= 0.6 is 0 Å². The molecule has 1 unspecified atom stereocenters. The Hall–Kier alpha value is -3.29. The number of anilines is 2. The molecule has 26 heavy (non-hydrogen) atoms. The zero-order valence-corrected chi connectivity index (χ0v) is 14.6. The molecule has 1 aliphatic rings. The van der Waals surface area contributed by atoms with Gasteiger partial charge in [-0.1, -0.05) is 12.1 Å². The second-order valence-electron chi connectivity index (χ2n) is 6.34. The number of rotatable bonds is 3. The van der Waals surface area contributed by atoms with Gasteiger partial charge in [-0.2, -0.15) is 0 Å². The highest BCUT2D eigenvalue weighted by Gasteiger charge is 2.45. The van der Waals surface area contributed by atoms with Gasteiger partial charge in [-0.3, -0.25) is 19.5 Å². The van der Waals surface area contributed by atoms with Gasteiger partial charge in [-0.05, 0) is 32.9 Å². The predicted octanol–water partition coefficient (Wildman–Crippen LogP) is 1.79. The highest BCUT2D eigenvalue weighted by molar-refractivity contribution is 6.15. The molecule has 2 amide bonds. The number of nitrogens with zero attached hydrogens (tertiary/aromatic N) is 3. The van der Waals surface area contributed by atoms with E-state index in [1.807, 2.05) is 0 Å². The fourth-order valence-electron chi connectivity index (χ4n) is 2.70. The van der Waals surface area contributed by atoms with Gasteiger partial charge < -0.3 is 10.1 Å². The number of amides is 2. The maximum atomic E-state index is 13.0. The SMILES string of the molecule is CC(OC(=O)c1cnccn1)C(=O)N1c2ccccc2NC(=O)C1(C)C. The van der Waals surface area contributed by atoms with Crippen LogP contribution < -0.4 is 10.2 Å². The van der Waals surface area contributed by atoms with Crippen LogP contribution in [0.2, 0.25) is 0 Å². The number of nitrogens with one attached hydrogen (secondary N) is 1. The zero-order chi connectivity index (χ0) is 18.9. The van der Waals surface area contributed by atoms with Crippen molar-refractivity contribution in [3.05, 3.63) is 48.5 Å². The lowest BCUT2D eigenvalue weighted by Gasteiger charge is -2.42. The molecule has 1 N–H and O–H groups in total. The molecule has 1 aromatic carbocycles. The van der Waals surface area contributed by atoms with Crippen molar-refractivity contribution in [1.82, 2.24) is 9.97 Å². The molecular formula is C18H18N4O4. The van der Waals surface area contributed by atoms with Crippen LogP contribution in [0.5, 0.6) is 0 Å². The summed E-state index contributed by atoms with van der Waals surface area (Å²) in [5, 5.41) is 2.78. The summed E-state index contributed by atoms with van der Waals surface area (Å²) in [6.07, 6.45) is 2.93. The molecule has 0 saturated heterocycles. The number of benzene rings is 1. The molecule has 0 spiro atoms. The van der Waals surface area contributed by atoms with Crippen molar-refractivity contribution in [3.63, 3.8) is 0 Å². The van der Waals surface area contributed by atoms with Gasteiger partial charge in [-0.15, -0.1) is 0 Å². The minimum absolute atomic E-state index is 0.00296. The van der Waals surface area contributed by atoms with E-state index in [4.69, 9.17) is 4.74 Å². The van der Waals surface area contributed by atoms with Crippen LogP contribution in [0.25, 0.3) is 0 Å². The van der Waals surface area contributed by atoms with Crippen LogP contribution in [0.3, 0.4) is 0 Å². The summed E-state index contributed by atoms with van der Waals surface area (Å²) in [5.41, 5.74) is -0.0658. The minimum atomic E-state index is -1.14. The predicted molar refractivity (Wildman–Crippen MR) is 93.5 cm³/mol. The molecule has 1 atom stereocenters. The number of hydrogen-bond acceptors (Lipinski definition) is 6. The molecule has 3 rings (SSSR count). The van der Waals surface area contributed by atoms with Crippen LogP contribution in [-0.2, 0) is 14.3 Å². The Balaban J connectivity index is 1.88. The van der Waals surface area contributed by atoms with E-state index in [-0.39, 0.29) is 11.6 Å². The lowest BCUT2D eigenvalue weighted by Crippen LogP contribution is -2.60. The Morgan fingerprint density at radius 1 is 1.23 bits per heavy atom. The molecule has 2 heterocycles. The first-order valence-corrected chi connectivity index (χ1v) is 8.04. The first kappa shape index (κ1) is 17.5. The summed E-state index contributed by atoms with van der Waals surface area (Å²) >= 11 is 0. The molecule has 2 aromatic rings. The van der Waals surface area contributed by atoms with Crippen molar-refractivity contribution < 1.29 is 19.1 Å². The van der Waals surface area contributed by atoms with E-state index >= 15 is 0 Å². The lowest BCUT2D eigenvalue weighted by molar-refractivity contribution is -0.131. The van der Waals surface area contributed by atoms with Crippen LogP contribution in [0.1, 0.15) is 31.3 Å². The molecule has 1 aliphatic heterocycles. The maximum Gasteiger partial charge on any atom is 0.359 e. The molecule has 1 aromatic heterocycles. The maximum absolute atomic E-state index is 13.0. The Labute approximate surface area is 150 Å². The number of carbonyl (C=O) groups excluding carboxylic acids is 3. The first-order chi connectivity index (χ1) is 12.3. The second kappa shape index (κ2) is 6.55. The van der Waals surface area contributed by atoms with Crippen molar-refractivity contribution in [2.75, 3.05) is 10.2 Å². The highest BCUT2D eigenvalue weighted by atomic mass is 16.5. The monoisotopic (exact) mass is 354 g/mol. The van der Waals surface area contributed by atoms with Crippen LogP contribution in [0.15, 0.2) is 42.9 Å². The lowest BCUT2D eigenvalue weighted by atomic mass is 9.95. The quantitative estimate of drug-likeness (QED) is 0.843. The standard InChI is InChI=1S/C18H18N4O4/c1-11(26-16(24)13-10-19-8-9-20-13)15(23)22-14-7-5-4-6-12(14)21-17(25)18(22,2)3/h4-11H,1-3H3,(H,21,25). The molecule has 0 bridgehead atoms. The van der Waals surface area contributed by atoms with E-state index < -0.39 is 23.5 Å². The summed E-state index contributed by atoms with van der Waals surface area (Å²) in [4.78, 5) is 46.6. The van der Waals surface area contributed by atoms with Gasteiger partial charge in [-0.25, -0.2) is 9.78 Å². The third-order valence-electron chi connectivity index (χ3n) is 4.13. The van der Waals surface area contributed by atoms with Crippen molar-refractivity contribution >= 4 is 29.2 Å². The molecular weight excluding hydrogens is 336 g/mol. The number of carbonyl (C=O) groups is 3. The van der Waals surface area contributed by atoms with Gasteiger partial charge in [0.15, 0.2) is 11.8 Å². The van der Waals surface area contributed by atoms with Crippen LogP contribution in [-0.4, -0.2) is 39.4 Å². The Bertz CT molecular complexity index is 867. The topological polar surface area (TPSA) is 101 Å². The van der Waals surface area contributed by atoms with Crippen LogP contribution in [0.4, 0.5) is 11.4 Å².